The van der Waals surface area contributed by atoms with Gasteiger partial charge < -0.3 is 9.30 Å². The molecule has 0 bridgehead atoms. The minimum absolute atomic E-state index is 0.410. The molecule has 0 radical (unpaired) electrons. The molecule has 4 heteroatoms. The van der Waals surface area contributed by atoms with Gasteiger partial charge in [-0.2, -0.15) is 0 Å². The number of aryl methyl sites for hydroxylation is 2. The Morgan fingerprint density at radius 3 is 2.70 bits per heavy atom. The number of hydrogen-bond donors (Lipinski definition) is 0. The van der Waals surface area contributed by atoms with Gasteiger partial charge in [-0.25, -0.2) is 0 Å². The molecule has 0 amide bonds. The van der Waals surface area contributed by atoms with E-state index in [0.29, 0.717) is 17.4 Å². The standard InChI is InChI=1S/C19H21ClN2O/c1-4-11-22-14(3)13(2)15-9-10-21-17(19(15)22)12-23-18-8-6-5-7-16(18)20/h5-10H,4,11-12H2,1-3H3. The largest absolute Gasteiger partial charge is 0.486 e. The summed E-state index contributed by atoms with van der Waals surface area (Å²) in [6.45, 7) is 7.93. The number of aromatic nitrogens is 2. The lowest BCUT2D eigenvalue weighted by Crippen LogP contribution is -2.05. The van der Waals surface area contributed by atoms with Crippen molar-refractivity contribution in [3.8, 4) is 5.75 Å². The van der Waals surface area contributed by atoms with Crippen LogP contribution in [0.1, 0.15) is 30.3 Å². The van der Waals surface area contributed by atoms with Gasteiger partial charge in [0.1, 0.15) is 18.1 Å². The fraction of sp³-hybridized carbons (Fsp3) is 0.316. The maximum absolute atomic E-state index is 6.17. The number of pyridine rings is 1. The first-order chi connectivity index (χ1) is 11.1. The molecular formula is C19H21ClN2O. The molecule has 0 atom stereocenters. The van der Waals surface area contributed by atoms with E-state index in [-0.39, 0.29) is 0 Å². The van der Waals surface area contributed by atoms with E-state index in [1.54, 1.807) is 0 Å². The highest BCUT2D eigenvalue weighted by molar-refractivity contribution is 6.32. The van der Waals surface area contributed by atoms with Crippen LogP contribution in [-0.2, 0) is 13.2 Å². The van der Waals surface area contributed by atoms with Gasteiger partial charge in [-0.05, 0) is 44.0 Å². The van der Waals surface area contributed by atoms with Crippen LogP contribution in [0.3, 0.4) is 0 Å². The average Bonchev–Trinajstić information content (AvgIpc) is 2.80. The van der Waals surface area contributed by atoms with Crippen LogP contribution in [0.25, 0.3) is 10.9 Å². The van der Waals surface area contributed by atoms with E-state index in [1.807, 2.05) is 30.5 Å². The molecule has 0 unspecified atom stereocenters. The first-order valence-electron chi connectivity index (χ1n) is 7.94. The van der Waals surface area contributed by atoms with Gasteiger partial charge in [0.25, 0.3) is 0 Å². The molecule has 0 aliphatic heterocycles. The molecule has 0 N–H and O–H groups in total. The highest BCUT2D eigenvalue weighted by Gasteiger charge is 2.15. The summed E-state index contributed by atoms with van der Waals surface area (Å²) < 4.78 is 8.26. The summed E-state index contributed by atoms with van der Waals surface area (Å²) in [7, 11) is 0. The van der Waals surface area contributed by atoms with Gasteiger partial charge in [-0.3, -0.25) is 4.98 Å². The highest BCUT2D eigenvalue weighted by Crippen LogP contribution is 2.29. The Kier molecular flexibility index (Phi) is 4.58. The maximum Gasteiger partial charge on any atom is 0.138 e. The molecule has 0 aliphatic carbocycles. The molecule has 0 saturated heterocycles. The SMILES string of the molecule is CCCn1c(C)c(C)c2ccnc(COc3ccccc3Cl)c21. The van der Waals surface area contributed by atoms with Crippen LogP contribution in [0.2, 0.25) is 5.02 Å². The van der Waals surface area contributed by atoms with Gasteiger partial charge in [-0.1, -0.05) is 30.7 Å². The third-order valence-electron chi connectivity index (χ3n) is 4.27. The second-order valence-corrected chi connectivity index (χ2v) is 6.14. The lowest BCUT2D eigenvalue weighted by molar-refractivity contribution is 0.302. The summed E-state index contributed by atoms with van der Waals surface area (Å²) in [5.74, 6) is 0.690. The van der Waals surface area contributed by atoms with Crippen molar-refractivity contribution in [1.82, 2.24) is 9.55 Å². The van der Waals surface area contributed by atoms with Crippen molar-refractivity contribution in [2.24, 2.45) is 0 Å². The summed E-state index contributed by atoms with van der Waals surface area (Å²) >= 11 is 6.17. The van der Waals surface area contributed by atoms with Crippen molar-refractivity contribution in [1.29, 1.82) is 0 Å². The molecule has 23 heavy (non-hydrogen) atoms. The normalized spacial score (nSPS) is 11.1. The molecule has 3 aromatic rings. The average molecular weight is 329 g/mol. The van der Waals surface area contributed by atoms with E-state index in [0.717, 1.165) is 18.7 Å². The second kappa shape index (κ2) is 6.63. The van der Waals surface area contributed by atoms with Crippen LogP contribution < -0.4 is 4.74 Å². The first-order valence-corrected chi connectivity index (χ1v) is 8.32. The molecule has 3 rings (SSSR count). The van der Waals surface area contributed by atoms with E-state index in [9.17, 15) is 0 Å². The van der Waals surface area contributed by atoms with Crippen molar-refractivity contribution in [3.63, 3.8) is 0 Å². The van der Waals surface area contributed by atoms with Crippen molar-refractivity contribution < 1.29 is 4.74 Å². The number of fused-ring (bicyclic) bond motifs is 1. The van der Waals surface area contributed by atoms with E-state index in [2.05, 4.69) is 36.4 Å². The molecular weight excluding hydrogens is 308 g/mol. The number of hydrogen-bond acceptors (Lipinski definition) is 2. The first kappa shape index (κ1) is 15.9. The van der Waals surface area contributed by atoms with E-state index >= 15 is 0 Å². The van der Waals surface area contributed by atoms with Crippen molar-refractivity contribution in [2.75, 3.05) is 0 Å². The molecule has 2 heterocycles. The van der Waals surface area contributed by atoms with Gasteiger partial charge in [-0.15, -0.1) is 0 Å². The monoisotopic (exact) mass is 328 g/mol. The third-order valence-corrected chi connectivity index (χ3v) is 4.58. The minimum atomic E-state index is 0.410. The predicted octanol–water partition coefficient (Wildman–Crippen LogP) is 5.30. The van der Waals surface area contributed by atoms with Crippen LogP contribution in [-0.4, -0.2) is 9.55 Å². The molecule has 0 aliphatic rings. The fourth-order valence-corrected chi connectivity index (χ4v) is 3.17. The zero-order valence-electron chi connectivity index (χ0n) is 13.8. The van der Waals surface area contributed by atoms with Crippen molar-refractivity contribution in [2.45, 2.75) is 40.3 Å². The smallest absolute Gasteiger partial charge is 0.138 e. The Balaban J connectivity index is 2.01. The number of rotatable bonds is 5. The number of ether oxygens (including phenoxy) is 1. The number of halogens is 1. The van der Waals surface area contributed by atoms with Crippen molar-refractivity contribution >= 4 is 22.5 Å². The summed E-state index contributed by atoms with van der Waals surface area (Å²) in [5, 5.41) is 1.87. The van der Waals surface area contributed by atoms with Crippen LogP contribution in [0, 0.1) is 13.8 Å². The maximum atomic E-state index is 6.17. The molecule has 3 nitrogen and oxygen atoms in total. The van der Waals surface area contributed by atoms with Gasteiger partial charge in [0, 0.05) is 23.8 Å². The third kappa shape index (κ3) is 2.93. The Morgan fingerprint density at radius 1 is 1.17 bits per heavy atom. The van der Waals surface area contributed by atoms with E-state index in [4.69, 9.17) is 16.3 Å². The van der Waals surface area contributed by atoms with Crippen LogP contribution in [0.4, 0.5) is 0 Å². The topological polar surface area (TPSA) is 27.1 Å². The van der Waals surface area contributed by atoms with Crippen molar-refractivity contribution in [3.05, 3.63) is 58.5 Å². The molecule has 0 saturated carbocycles. The Labute approximate surface area is 141 Å². The molecule has 120 valence electrons. The van der Waals surface area contributed by atoms with Gasteiger partial charge in [0.15, 0.2) is 0 Å². The van der Waals surface area contributed by atoms with Crippen LogP contribution in [0.15, 0.2) is 36.5 Å². The number of nitrogens with zero attached hydrogens (tertiary/aromatic N) is 2. The molecule has 1 aromatic carbocycles. The Bertz CT molecular complexity index is 839. The van der Waals surface area contributed by atoms with Gasteiger partial charge in [0.05, 0.1) is 10.5 Å². The Morgan fingerprint density at radius 2 is 1.96 bits per heavy atom. The van der Waals surface area contributed by atoms with Gasteiger partial charge >= 0.3 is 0 Å². The predicted molar refractivity (Wildman–Crippen MR) is 95.3 cm³/mol. The molecule has 2 aromatic heterocycles. The fourth-order valence-electron chi connectivity index (χ4n) is 2.98. The summed E-state index contributed by atoms with van der Waals surface area (Å²) in [4.78, 5) is 4.56. The lowest BCUT2D eigenvalue weighted by Gasteiger charge is -2.11. The highest BCUT2D eigenvalue weighted by atomic mass is 35.5. The quantitative estimate of drug-likeness (QED) is 0.635. The summed E-state index contributed by atoms with van der Waals surface area (Å²) in [6.07, 6.45) is 2.94. The zero-order chi connectivity index (χ0) is 16.4. The minimum Gasteiger partial charge on any atom is -0.486 e. The second-order valence-electron chi connectivity index (χ2n) is 5.73. The Hall–Kier alpha value is -2.00. The van der Waals surface area contributed by atoms with Crippen LogP contribution in [0.5, 0.6) is 5.75 Å². The molecule has 0 fully saturated rings. The molecule has 0 spiro atoms. The summed E-state index contributed by atoms with van der Waals surface area (Å²) in [5.41, 5.74) is 4.74. The van der Waals surface area contributed by atoms with E-state index in [1.165, 1.54) is 22.2 Å². The number of para-hydroxylation sites is 1. The zero-order valence-corrected chi connectivity index (χ0v) is 14.5. The lowest BCUT2D eigenvalue weighted by atomic mass is 10.2. The number of benzene rings is 1. The summed E-state index contributed by atoms with van der Waals surface area (Å²) in [6, 6.07) is 9.61. The van der Waals surface area contributed by atoms with E-state index < -0.39 is 0 Å². The van der Waals surface area contributed by atoms with Gasteiger partial charge in [0.2, 0.25) is 0 Å². The van der Waals surface area contributed by atoms with Crippen LogP contribution >= 0.6 is 11.6 Å².